The summed E-state index contributed by atoms with van der Waals surface area (Å²) in [5.74, 6) is 0. The number of nitrogens with one attached hydrogen (secondary N) is 1. The van der Waals surface area contributed by atoms with Gasteiger partial charge in [0.1, 0.15) is 0 Å². The Morgan fingerprint density at radius 1 is 1.25 bits per heavy atom. The summed E-state index contributed by atoms with van der Waals surface area (Å²) in [5, 5.41) is 4.90. The van der Waals surface area contributed by atoms with Crippen LogP contribution in [0.3, 0.4) is 0 Å². The molecule has 1 saturated heterocycles. The molecule has 0 aromatic heterocycles. The summed E-state index contributed by atoms with van der Waals surface area (Å²) in [4.78, 5) is 2.42. The molecule has 1 atom stereocenters. The standard InChI is InChI=1S/C12H16Cl2N2/c1-9(16-6-4-15-5-7-16)11-8-10(13)2-3-12(11)14/h2-3,8-9,15H,4-7H2,1H3/t9-/m0/s1. The van der Waals surface area contributed by atoms with E-state index in [1.807, 2.05) is 18.2 Å². The van der Waals surface area contributed by atoms with E-state index in [9.17, 15) is 0 Å². The zero-order chi connectivity index (χ0) is 11.5. The van der Waals surface area contributed by atoms with Crippen LogP contribution in [0, 0.1) is 0 Å². The van der Waals surface area contributed by atoms with Gasteiger partial charge in [-0.05, 0) is 30.7 Å². The molecular formula is C12H16Cl2N2. The fourth-order valence-corrected chi connectivity index (χ4v) is 2.56. The van der Waals surface area contributed by atoms with Crippen LogP contribution in [-0.4, -0.2) is 31.1 Å². The van der Waals surface area contributed by atoms with Gasteiger partial charge < -0.3 is 5.32 Å². The second-order valence-corrected chi connectivity index (χ2v) is 4.97. The minimum Gasteiger partial charge on any atom is -0.314 e. The zero-order valence-corrected chi connectivity index (χ0v) is 10.9. The van der Waals surface area contributed by atoms with Crippen LogP contribution in [0.1, 0.15) is 18.5 Å². The van der Waals surface area contributed by atoms with Gasteiger partial charge in [0.2, 0.25) is 0 Å². The van der Waals surface area contributed by atoms with Crippen molar-refractivity contribution in [2.75, 3.05) is 26.2 Å². The summed E-state index contributed by atoms with van der Waals surface area (Å²) in [5.41, 5.74) is 1.12. The van der Waals surface area contributed by atoms with E-state index in [2.05, 4.69) is 17.1 Å². The van der Waals surface area contributed by atoms with Crippen molar-refractivity contribution in [3.63, 3.8) is 0 Å². The lowest BCUT2D eigenvalue weighted by atomic mass is 10.1. The molecule has 0 amide bonds. The Morgan fingerprint density at radius 3 is 2.62 bits per heavy atom. The predicted octanol–water partition coefficient (Wildman–Crippen LogP) is 2.96. The lowest BCUT2D eigenvalue weighted by molar-refractivity contribution is 0.185. The van der Waals surface area contributed by atoms with Crippen LogP contribution in [0.15, 0.2) is 18.2 Å². The molecule has 0 unspecified atom stereocenters. The van der Waals surface area contributed by atoms with Crippen molar-refractivity contribution < 1.29 is 0 Å². The maximum absolute atomic E-state index is 6.21. The molecule has 1 aliphatic rings. The first-order valence-corrected chi connectivity index (χ1v) is 6.34. The Labute approximate surface area is 107 Å². The van der Waals surface area contributed by atoms with Gasteiger partial charge in [0.25, 0.3) is 0 Å². The van der Waals surface area contributed by atoms with E-state index in [0.717, 1.165) is 41.8 Å². The van der Waals surface area contributed by atoms with Gasteiger partial charge in [0.05, 0.1) is 0 Å². The van der Waals surface area contributed by atoms with Gasteiger partial charge in [-0.25, -0.2) is 0 Å². The first-order valence-electron chi connectivity index (χ1n) is 5.58. The number of halogens is 2. The zero-order valence-electron chi connectivity index (χ0n) is 9.34. The summed E-state index contributed by atoms with van der Waals surface area (Å²) in [6, 6.07) is 6.00. The summed E-state index contributed by atoms with van der Waals surface area (Å²) in [6.07, 6.45) is 0. The number of rotatable bonds is 2. The monoisotopic (exact) mass is 258 g/mol. The number of piperazine rings is 1. The van der Waals surface area contributed by atoms with Gasteiger partial charge in [-0.2, -0.15) is 0 Å². The van der Waals surface area contributed by atoms with E-state index < -0.39 is 0 Å². The summed E-state index contributed by atoms with van der Waals surface area (Å²) >= 11 is 12.2. The Balaban J connectivity index is 2.18. The second kappa shape index (κ2) is 5.37. The molecule has 1 N–H and O–H groups in total. The molecule has 0 saturated carbocycles. The van der Waals surface area contributed by atoms with Crippen molar-refractivity contribution in [1.29, 1.82) is 0 Å². The third-order valence-corrected chi connectivity index (χ3v) is 3.69. The van der Waals surface area contributed by atoms with Crippen molar-refractivity contribution >= 4 is 23.2 Å². The molecule has 2 rings (SSSR count). The van der Waals surface area contributed by atoms with Crippen LogP contribution in [0.5, 0.6) is 0 Å². The van der Waals surface area contributed by atoms with Crippen LogP contribution in [-0.2, 0) is 0 Å². The third-order valence-electron chi connectivity index (χ3n) is 3.11. The van der Waals surface area contributed by atoms with Gasteiger partial charge in [-0.15, -0.1) is 0 Å². The van der Waals surface area contributed by atoms with E-state index in [0.29, 0.717) is 6.04 Å². The minimum atomic E-state index is 0.327. The molecule has 1 aromatic carbocycles. The molecular weight excluding hydrogens is 243 g/mol. The Kier molecular flexibility index (Phi) is 4.09. The first kappa shape index (κ1) is 12.2. The second-order valence-electron chi connectivity index (χ2n) is 4.13. The Bertz CT molecular complexity index is 362. The minimum absolute atomic E-state index is 0.327. The first-order chi connectivity index (χ1) is 7.68. The average molecular weight is 259 g/mol. The fraction of sp³-hybridized carbons (Fsp3) is 0.500. The van der Waals surface area contributed by atoms with Crippen molar-refractivity contribution in [2.24, 2.45) is 0 Å². The number of hydrogen-bond donors (Lipinski definition) is 1. The molecule has 0 spiro atoms. The molecule has 0 bridgehead atoms. The fourth-order valence-electron chi connectivity index (χ4n) is 2.10. The molecule has 1 aliphatic heterocycles. The van der Waals surface area contributed by atoms with E-state index in [1.165, 1.54) is 0 Å². The molecule has 1 heterocycles. The summed E-state index contributed by atoms with van der Waals surface area (Å²) in [7, 11) is 0. The number of nitrogens with zero attached hydrogens (tertiary/aromatic N) is 1. The van der Waals surface area contributed by atoms with Crippen molar-refractivity contribution in [1.82, 2.24) is 10.2 Å². The van der Waals surface area contributed by atoms with Crippen molar-refractivity contribution in [2.45, 2.75) is 13.0 Å². The summed E-state index contributed by atoms with van der Waals surface area (Å²) in [6.45, 7) is 6.39. The molecule has 0 radical (unpaired) electrons. The van der Waals surface area contributed by atoms with Crippen LogP contribution in [0.4, 0.5) is 0 Å². The van der Waals surface area contributed by atoms with Gasteiger partial charge >= 0.3 is 0 Å². The highest BCUT2D eigenvalue weighted by molar-refractivity contribution is 6.33. The maximum atomic E-state index is 6.21. The van der Waals surface area contributed by atoms with Gasteiger partial charge in [-0.3, -0.25) is 4.90 Å². The molecule has 0 aliphatic carbocycles. The van der Waals surface area contributed by atoms with Gasteiger partial charge in [0.15, 0.2) is 0 Å². The van der Waals surface area contributed by atoms with E-state index in [1.54, 1.807) is 0 Å². The largest absolute Gasteiger partial charge is 0.314 e. The summed E-state index contributed by atoms with van der Waals surface area (Å²) < 4.78 is 0. The highest BCUT2D eigenvalue weighted by Gasteiger charge is 2.19. The molecule has 2 nitrogen and oxygen atoms in total. The van der Waals surface area contributed by atoms with Crippen molar-refractivity contribution in [3.8, 4) is 0 Å². The molecule has 88 valence electrons. The topological polar surface area (TPSA) is 15.3 Å². The van der Waals surface area contributed by atoms with E-state index in [4.69, 9.17) is 23.2 Å². The lowest BCUT2D eigenvalue weighted by Crippen LogP contribution is -2.44. The number of benzene rings is 1. The van der Waals surface area contributed by atoms with E-state index in [-0.39, 0.29) is 0 Å². The van der Waals surface area contributed by atoms with Gasteiger partial charge in [0, 0.05) is 42.3 Å². The van der Waals surface area contributed by atoms with Crippen LogP contribution >= 0.6 is 23.2 Å². The van der Waals surface area contributed by atoms with Crippen molar-refractivity contribution in [3.05, 3.63) is 33.8 Å². The number of hydrogen-bond acceptors (Lipinski definition) is 2. The molecule has 1 aromatic rings. The van der Waals surface area contributed by atoms with Gasteiger partial charge in [-0.1, -0.05) is 23.2 Å². The smallest absolute Gasteiger partial charge is 0.0454 e. The van der Waals surface area contributed by atoms with Crippen LogP contribution in [0.25, 0.3) is 0 Å². The molecule has 16 heavy (non-hydrogen) atoms. The average Bonchev–Trinajstić information content (AvgIpc) is 2.32. The normalized spacial score (nSPS) is 19.7. The highest BCUT2D eigenvalue weighted by atomic mass is 35.5. The Hall–Kier alpha value is -0.280. The SMILES string of the molecule is C[C@@H](c1cc(Cl)ccc1Cl)N1CCNCC1. The highest BCUT2D eigenvalue weighted by Crippen LogP contribution is 2.29. The molecule has 4 heteroatoms. The predicted molar refractivity (Wildman–Crippen MR) is 69.3 cm³/mol. The Morgan fingerprint density at radius 2 is 1.94 bits per heavy atom. The lowest BCUT2D eigenvalue weighted by Gasteiger charge is -2.33. The third kappa shape index (κ3) is 2.69. The molecule has 1 fully saturated rings. The maximum Gasteiger partial charge on any atom is 0.0454 e. The van der Waals surface area contributed by atoms with Crippen LogP contribution in [0.2, 0.25) is 10.0 Å². The van der Waals surface area contributed by atoms with Crippen LogP contribution < -0.4 is 5.32 Å². The van der Waals surface area contributed by atoms with E-state index >= 15 is 0 Å². The quantitative estimate of drug-likeness (QED) is 0.878.